The minimum absolute atomic E-state index is 0.220. The Bertz CT molecular complexity index is 477. The number of hydrogen-bond acceptors (Lipinski definition) is 4. The number of carboxylic acids is 1. The Morgan fingerprint density at radius 2 is 2.00 bits per heavy atom. The summed E-state index contributed by atoms with van der Waals surface area (Å²) in [7, 11) is 0. The van der Waals surface area contributed by atoms with Crippen LogP contribution in [0.1, 0.15) is 16.8 Å². The van der Waals surface area contributed by atoms with Crippen molar-refractivity contribution in [1.29, 1.82) is 0 Å². The average molecular weight is 220 g/mol. The van der Waals surface area contributed by atoms with Gasteiger partial charge in [0.15, 0.2) is 11.9 Å². The minimum Gasteiger partial charge on any atom is -0.481 e. The highest BCUT2D eigenvalue weighted by Gasteiger charge is 2.34. The number of rotatable bonds is 2. The van der Waals surface area contributed by atoms with E-state index in [1.807, 2.05) is 0 Å². The van der Waals surface area contributed by atoms with Gasteiger partial charge in [0.1, 0.15) is 5.75 Å². The highest BCUT2D eigenvalue weighted by molar-refractivity contribution is 6.35. The van der Waals surface area contributed by atoms with E-state index >= 15 is 0 Å². The normalized spacial score (nSPS) is 18.5. The minimum atomic E-state index is -1.59. The molecule has 0 spiro atoms. The number of Topliss-reactive ketones (excluding diaryl/α,β-unsaturated/α-hetero) is 2. The number of ether oxygens (including phenoxy) is 1. The molecule has 0 saturated carbocycles. The Kier molecular flexibility index (Phi) is 2.44. The van der Waals surface area contributed by atoms with E-state index < -0.39 is 17.9 Å². The summed E-state index contributed by atoms with van der Waals surface area (Å²) >= 11 is 0. The molecule has 5 heteroatoms. The van der Waals surface area contributed by atoms with Crippen LogP contribution in [0.15, 0.2) is 24.3 Å². The molecule has 0 saturated heterocycles. The van der Waals surface area contributed by atoms with Crippen molar-refractivity contribution in [3.8, 4) is 5.75 Å². The second-order valence-electron chi connectivity index (χ2n) is 3.40. The summed E-state index contributed by atoms with van der Waals surface area (Å²) in [6.45, 7) is 0. The summed E-state index contributed by atoms with van der Waals surface area (Å²) in [6.07, 6.45) is -1.43. The summed E-state index contributed by atoms with van der Waals surface area (Å²) < 4.78 is 5.17. The van der Waals surface area contributed by atoms with E-state index in [1.54, 1.807) is 18.2 Å². The van der Waals surface area contributed by atoms with Crippen LogP contribution in [0.2, 0.25) is 0 Å². The molecule has 5 nitrogen and oxygen atoms in total. The van der Waals surface area contributed by atoms with E-state index in [4.69, 9.17) is 9.84 Å². The number of para-hydroxylation sites is 1. The van der Waals surface area contributed by atoms with Crippen molar-refractivity contribution in [2.24, 2.45) is 0 Å². The first-order valence-electron chi connectivity index (χ1n) is 4.65. The van der Waals surface area contributed by atoms with E-state index in [-0.39, 0.29) is 18.0 Å². The second kappa shape index (κ2) is 3.77. The van der Waals surface area contributed by atoms with Gasteiger partial charge in [-0.15, -0.1) is 0 Å². The zero-order valence-corrected chi connectivity index (χ0v) is 8.17. The smallest absolute Gasteiger partial charge is 0.376 e. The van der Waals surface area contributed by atoms with Gasteiger partial charge >= 0.3 is 5.97 Å². The lowest BCUT2D eigenvalue weighted by molar-refractivity contribution is -0.152. The van der Waals surface area contributed by atoms with Gasteiger partial charge in [0, 0.05) is 0 Å². The Morgan fingerprint density at radius 1 is 1.31 bits per heavy atom. The molecule has 0 aromatic heterocycles. The Labute approximate surface area is 90.6 Å². The third-order valence-corrected chi connectivity index (χ3v) is 2.33. The van der Waals surface area contributed by atoms with E-state index in [0.29, 0.717) is 5.56 Å². The van der Waals surface area contributed by atoms with Gasteiger partial charge in [-0.3, -0.25) is 9.59 Å². The number of ketones is 2. The molecule has 1 aliphatic rings. The van der Waals surface area contributed by atoms with Crippen LogP contribution in [0.25, 0.3) is 0 Å². The lowest BCUT2D eigenvalue weighted by Crippen LogP contribution is -2.38. The maximum atomic E-state index is 11.6. The molecule has 82 valence electrons. The number of carboxylic acid groups (broad SMARTS) is 1. The first-order chi connectivity index (χ1) is 7.59. The fourth-order valence-corrected chi connectivity index (χ4v) is 1.56. The number of carbonyl (C=O) groups excluding carboxylic acids is 2. The van der Waals surface area contributed by atoms with Crippen molar-refractivity contribution in [3.05, 3.63) is 29.8 Å². The lowest BCUT2D eigenvalue weighted by Gasteiger charge is -2.22. The molecule has 0 bridgehead atoms. The second-order valence-corrected chi connectivity index (χ2v) is 3.40. The van der Waals surface area contributed by atoms with Crippen LogP contribution in [0, 0.1) is 0 Å². The predicted molar refractivity (Wildman–Crippen MR) is 52.4 cm³/mol. The summed E-state index contributed by atoms with van der Waals surface area (Å²) in [4.78, 5) is 33.3. The van der Waals surface area contributed by atoms with Gasteiger partial charge in [-0.1, -0.05) is 12.1 Å². The largest absolute Gasteiger partial charge is 0.481 e. The average Bonchev–Trinajstić information content (AvgIpc) is 2.28. The van der Waals surface area contributed by atoms with Gasteiger partial charge in [0.2, 0.25) is 0 Å². The van der Waals surface area contributed by atoms with Crippen LogP contribution in [-0.4, -0.2) is 28.7 Å². The molecule has 1 heterocycles. The van der Waals surface area contributed by atoms with Crippen LogP contribution >= 0.6 is 0 Å². The molecular formula is C11H8O5. The molecule has 0 radical (unpaired) electrons. The standard InChI is InChI=1S/C11H8O5/c12-7-5-9(10(13)11(14)15)16-8-4-2-1-3-6(7)8/h1-4,9H,5H2,(H,14,15). The van der Waals surface area contributed by atoms with Crippen LogP contribution in [0.5, 0.6) is 5.75 Å². The molecule has 2 rings (SSSR count). The molecule has 1 unspecified atom stereocenters. The Balaban J connectivity index is 2.31. The fourth-order valence-electron chi connectivity index (χ4n) is 1.56. The van der Waals surface area contributed by atoms with Crippen molar-refractivity contribution in [3.63, 3.8) is 0 Å². The molecular weight excluding hydrogens is 212 g/mol. The molecule has 0 amide bonds. The number of carbonyl (C=O) groups is 3. The van der Waals surface area contributed by atoms with E-state index in [0.717, 1.165) is 0 Å². The summed E-state index contributed by atoms with van der Waals surface area (Å²) in [5.74, 6) is -2.69. The number of hydrogen-bond donors (Lipinski definition) is 1. The monoisotopic (exact) mass is 220 g/mol. The number of aliphatic carboxylic acids is 1. The molecule has 0 fully saturated rings. The number of benzene rings is 1. The number of fused-ring (bicyclic) bond motifs is 1. The maximum absolute atomic E-state index is 11.6. The lowest BCUT2D eigenvalue weighted by atomic mass is 9.99. The van der Waals surface area contributed by atoms with Crippen molar-refractivity contribution in [2.45, 2.75) is 12.5 Å². The van der Waals surface area contributed by atoms with E-state index in [2.05, 4.69) is 0 Å². The van der Waals surface area contributed by atoms with E-state index in [1.165, 1.54) is 6.07 Å². The van der Waals surface area contributed by atoms with Crippen LogP contribution in [0.4, 0.5) is 0 Å². The topological polar surface area (TPSA) is 80.7 Å². The summed E-state index contributed by atoms with van der Waals surface area (Å²) in [5.41, 5.74) is 0.386. The molecule has 1 aliphatic heterocycles. The molecule has 1 aromatic rings. The summed E-state index contributed by atoms with van der Waals surface area (Å²) in [5, 5.41) is 8.53. The van der Waals surface area contributed by atoms with Crippen molar-refractivity contribution >= 4 is 17.5 Å². The molecule has 0 aliphatic carbocycles. The molecule has 16 heavy (non-hydrogen) atoms. The third kappa shape index (κ3) is 1.67. The van der Waals surface area contributed by atoms with Crippen LogP contribution < -0.4 is 4.74 Å². The predicted octanol–water partition coefficient (Wildman–Crippen LogP) is 0.674. The zero-order chi connectivity index (χ0) is 11.7. The van der Waals surface area contributed by atoms with Crippen LogP contribution in [0.3, 0.4) is 0 Å². The van der Waals surface area contributed by atoms with E-state index in [9.17, 15) is 14.4 Å². The van der Waals surface area contributed by atoms with Gasteiger partial charge < -0.3 is 9.84 Å². The van der Waals surface area contributed by atoms with Crippen molar-refractivity contribution in [1.82, 2.24) is 0 Å². The molecule has 1 atom stereocenters. The quantitative estimate of drug-likeness (QED) is 0.741. The Hall–Kier alpha value is -2.17. The van der Waals surface area contributed by atoms with Crippen LogP contribution in [-0.2, 0) is 9.59 Å². The van der Waals surface area contributed by atoms with Gasteiger partial charge in [-0.2, -0.15) is 0 Å². The van der Waals surface area contributed by atoms with Gasteiger partial charge in [0.25, 0.3) is 5.78 Å². The van der Waals surface area contributed by atoms with Crippen molar-refractivity contribution < 1.29 is 24.2 Å². The first kappa shape index (κ1) is 10.4. The molecule has 1 aromatic carbocycles. The third-order valence-electron chi connectivity index (χ3n) is 2.33. The maximum Gasteiger partial charge on any atom is 0.376 e. The highest BCUT2D eigenvalue weighted by Crippen LogP contribution is 2.27. The SMILES string of the molecule is O=C(O)C(=O)C1CC(=O)c2ccccc2O1. The highest BCUT2D eigenvalue weighted by atomic mass is 16.5. The molecule has 1 N–H and O–H groups in total. The Morgan fingerprint density at radius 3 is 2.69 bits per heavy atom. The zero-order valence-electron chi connectivity index (χ0n) is 8.17. The fraction of sp³-hybridized carbons (Fsp3) is 0.182. The summed E-state index contributed by atoms with van der Waals surface area (Å²) in [6, 6.07) is 6.45. The van der Waals surface area contributed by atoms with Gasteiger partial charge in [-0.25, -0.2) is 4.79 Å². The van der Waals surface area contributed by atoms with Gasteiger partial charge in [0.05, 0.1) is 12.0 Å². The first-order valence-corrected chi connectivity index (χ1v) is 4.65. The van der Waals surface area contributed by atoms with Crippen molar-refractivity contribution in [2.75, 3.05) is 0 Å². The van der Waals surface area contributed by atoms with Gasteiger partial charge in [-0.05, 0) is 12.1 Å².